The van der Waals surface area contributed by atoms with Gasteiger partial charge in [0.25, 0.3) is 0 Å². The van der Waals surface area contributed by atoms with Crippen LogP contribution in [-0.2, 0) is 0 Å². The Balaban J connectivity index is 0.000000304. The van der Waals surface area contributed by atoms with Crippen molar-refractivity contribution in [2.45, 2.75) is 5.54 Å². The van der Waals surface area contributed by atoms with E-state index in [-0.39, 0.29) is 0 Å². The minimum Gasteiger partial charge on any atom is -0.497 e. The summed E-state index contributed by atoms with van der Waals surface area (Å²) in [5, 5.41) is 25.0. The third kappa shape index (κ3) is 5.69. The van der Waals surface area contributed by atoms with Crippen LogP contribution in [0.4, 0.5) is 0 Å². The van der Waals surface area contributed by atoms with Gasteiger partial charge in [-0.05, 0) is 11.5 Å². The normalized spacial score (nSPS) is 10.4. The zero-order valence-corrected chi connectivity index (χ0v) is 10.3. The molecule has 6 heteroatoms. The number of benzene rings is 1. The molecule has 0 unspecified atom stereocenters. The lowest BCUT2D eigenvalue weighted by Crippen LogP contribution is -2.50. The first-order valence-electron chi connectivity index (χ1n) is 5.24. The van der Waals surface area contributed by atoms with E-state index in [1.54, 1.807) is 7.11 Å². The molecule has 1 aromatic rings. The molecule has 0 fully saturated rings. The minimum absolute atomic E-state index is 0.403. The van der Waals surface area contributed by atoms with E-state index in [2.05, 4.69) is 0 Å². The first kappa shape index (κ1) is 15.9. The van der Waals surface area contributed by atoms with Crippen molar-refractivity contribution in [2.75, 3.05) is 26.9 Å². The lowest BCUT2D eigenvalue weighted by atomic mass is 9.95. The summed E-state index contributed by atoms with van der Waals surface area (Å²) < 4.78 is 5.04. The number of aliphatic hydroxyl groups excluding tert-OH is 3. The Labute approximate surface area is 102 Å². The summed E-state index contributed by atoms with van der Waals surface area (Å²) in [6.07, 6.45) is 0. The Bertz CT molecular complexity index is 310. The van der Waals surface area contributed by atoms with Gasteiger partial charge in [-0.2, -0.15) is 0 Å². The third-order valence-electron chi connectivity index (χ3n) is 2.26. The van der Waals surface area contributed by atoms with E-state index in [4.69, 9.17) is 25.8 Å². The second-order valence-corrected chi connectivity index (χ2v) is 3.81. The standard InChI is InChI=1S/C7H9BO.C4H11NO3/c1-9-7-5-3-2-4-6(7)8;5-4(1-6,2-7)3-8/h2-5H,8H2,1H3;6-8H,1-3,5H2. The molecular formula is C11H20BNO4. The molecule has 0 spiro atoms. The number of hydrogen-bond acceptors (Lipinski definition) is 5. The summed E-state index contributed by atoms with van der Waals surface area (Å²) >= 11 is 0. The fourth-order valence-corrected chi connectivity index (χ4v) is 0.935. The van der Waals surface area contributed by atoms with Crippen molar-refractivity contribution in [3.05, 3.63) is 24.3 Å². The van der Waals surface area contributed by atoms with Gasteiger partial charge in [0, 0.05) is 0 Å². The van der Waals surface area contributed by atoms with Crippen LogP contribution in [0.1, 0.15) is 0 Å². The summed E-state index contributed by atoms with van der Waals surface area (Å²) in [7, 11) is 3.71. The van der Waals surface area contributed by atoms with Gasteiger partial charge < -0.3 is 25.8 Å². The van der Waals surface area contributed by atoms with E-state index in [1.165, 1.54) is 5.46 Å². The van der Waals surface area contributed by atoms with Crippen LogP contribution < -0.4 is 15.9 Å². The Morgan fingerprint density at radius 2 is 1.65 bits per heavy atom. The van der Waals surface area contributed by atoms with Gasteiger partial charge in [0.05, 0.1) is 32.5 Å². The molecule has 0 saturated heterocycles. The maximum absolute atomic E-state index is 8.34. The summed E-state index contributed by atoms with van der Waals surface area (Å²) in [6.45, 7) is -1.21. The molecule has 1 rings (SSSR count). The van der Waals surface area contributed by atoms with Gasteiger partial charge in [-0.15, -0.1) is 0 Å². The highest BCUT2D eigenvalue weighted by Gasteiger charge is 2.20. The summed E-state index contributed by atoms with van der Waals surface area (Å²) in [5.41, 5.74) is 5.12. The van der Waals surface area contributed by atoms with Gasteiger partial charge in [-0.25, -0.2) is 0 Å². The van der Waals surface area contributed by atoms with Gasteiger partial charge in [0.1, 0.15) is 13.6 Å². The molecule has 0 radical (unpaired) electrons. The molecule has 0 saturated carbocycles. The molecule has 0 aromatic heterocycles. The fraction of sp³-hybridized carbons (Fsp3) is 0.455. The Morgan fingerprint density at radius 1 is 1.18 bits per heavy atom. The predicted octanol–water partition coefficient (Wildman–Crippen LogP) is -2.39. The van der Waals surface area contributed by atoms with Gasteiger partial charge in [-0.1, -0.05) is 18.2 Å². The molecular weight excluding hydrogens is 221 g/mol. The molecule has 5 nitrogen and oxygen atoms in total. The molecule has 5 N–H and O–H groups in total. The molecule has 0 heterocycles. The van der Waals surface area contributed by atoms with Crippen molar-refractivity contribution in [3.63, 3.8) is 0 Å². The Hall–Kier alpha value is -1.08. The smallest absolute Gasteiger partial charge is 0.144 e. The van der Waals surface area contributed by atoms with Gasteiger partial charge in [-0.3, -0.25) is 0 Å². The number of ether oxygens (including phenoxy) is 1. The zero-order chi connectivity index (χ0) is 13.3. The van der Waals surface area contributed by atoms with Crippen molar-refractivity contribution in [2.24, 2.45) is 5.73 Å². The third-order valence-corrected chi connectivity index (χ3v) is 2.26. The van der Waals surface area contributed by atoms with E-state index in [9.17, 15) is 0 Å². The van der Waals surface area contributed by atoms with E-state index in [0.717, 1.165) is 5.75 Å². The predicted molar refractivity (Wildman–Crippen MR) is 69.3 cm³/mol. The topological polar surface area (TPSA) is 95.9 Å². The van der Waals surface area contributed by atoms with Crippen LogP contribution in [0.2, 0.25) is 0 Å². The maximum Gasteiger partial charge on any atom is 0.144 e. The van der Waals surface area contributed by atoms with Crippen LogP contribution in [0.15, 0.2) is 24.3 Å². The second-order valence-electron chi connectivity index (χ2n) is 3.81. The summed E-state index contributed by atoms with van der Waals surface area (Å²) in [5.74, 6) is 0.956. The van der Waals surface area contributed by atoms with Crippen LogP contribution in [0.25, 0.3) is 0 Å². The molecule has 96 valence electrons. The van der Waals surface area contributed by atoms with E-state index >= 15 is 0 Å². The van der Waals surface area contributed by atoms with E-state index in [0.29, 0.717) is 0 Å². The van der Waals surface area contributed by atoms with Gasteiger partial charge >= 0.3 is 0 Å². The number of hydrogen-bond donors (Lipinski definition) is 4. The average molecular weight is 241 g/mol. The van der Waals surface area contributed by atoms with Crippen LogP contribution in [-0.4, -0.2) is 55.6 Å². The van der Waals surface area contributed by atoms with Crippen molar-refractivity contribution in [1.29, 1.82) is 0 Å². The van der Waals surface area contributed by atoms with Crippen molar-refractivity contribution < 1.29 is 20.1 Å². The number of para-hydroxylation sites is 1. The summed E-state index contributed by atoms with van der Waals surface area (Å²) in [6, 6.07) is 7.94. The van der Waals surface area contributed by atoms with Crippen LogP contribution in [0.3, 0.4) is 0 Å². The first-order chi connectivity index (χ1) is 8.02. The number of aliphatic hydroxyl groups is 3. The highest BCUT2D eigenvalue weighted by Crippen LogP contribution is 2.01. The fourth-order valence-electron chi connectivity index (χ4n) is 0.935. The SMILES string of the molecule is Bc1ccccc1OC.NC(CO)(CO)CO. The van der Waals surface area contributed by atoms with E-state index in [1.807, 2.05) is 32.1 Å². The summed E-state index contributed by atoms with van der Waals surface area (Å²) in [4.78, 5) is 0. The van der Waals surface area contributed by atoms with Crippen LogP contribution in [0, 0.1) is 0 Å². The van der Waals surface area contributed by atoms with Crippen LogP contribution in [0.5, 0.6) is 5.75 Å². The average Bonchev–Trinajstić information content (AvgIpc) is 2.39. The quantitative estimate of drug-likeness (QED) is 0.441. The first-order valence-corrected chi connectivity index (χ1v) is 5.24. The van der Waals surface area contributed by atoms with Crippen molar-refractivity contribution >= 4 is 13.3 Å². The highest BCUT2D eigenvalue weighted by atomic mass is 16.5. The van der Waals surface area contributed by atoms with Crippen LogP contribution >= 0.6 is 0 Å². The number of rotatable bonds is 4. The largest absolute Gasteiger partial charge is 0.497 e. The molecule has 0 aliphatic carbocycles. The highest BCUT2D eigenvalue weighted by molar-refractivity contribution is 6.34. The second kappa shape index (κ2) is 8.08. The lowest BCUT2D eigenvalue weighted by molar-refractivity contribution is 0.0698. The molecule has 0 aliphatic heterocycles. The maximum atomic E-state index is 8.34. The molecule has 1 aromatic carbocycles. The molecule has 0 bridgehead atoms. The zero-order valence-electron chi connectivity index (χ0n) is 10.3. The molecule has 0 atom stereocenters. The Kier molecular flexibility index (Phi) is 7.57. The molecule has 0 amide bonds. The Morgan fingerprint density at radius 3 is 1.88 bits per heavy atom. The van der Waals surface area contributed by atoms with Crippen molar-refractivity contribution in [1.82, 2.24) is 0 Å². The minimum atomic E-state index is -1.21. The monoisotopic (exact) mass is 241 g/mol. The molecule has 17 heavy (non-hydrogen) atoms. The van der Waals surface area contributed by atoms with Crippen molar-refractivity contribution in [3.8, 4) is 5.75 Å². The van der Waals surface area contributed by atoms with Gasteiger partial charge in [0.2, 0.25) is 0 Å². The lowest BCUT2D eigenvalue weighted by Gasteiger charge is -2.20. The number of methoxy groups -OCH3 is 1. The molecule has 0 aliphatic rings. The van der Waals surface area contributed by atoms with Gasteiger partial charge in [0.15, 0.2) is 0 Å². The number of nitrogens with two attached hydrogens (primary N) is 1. The van der Waals surface area contributed by atoms with E-state index < -0.39 is 25.4 Å².